The second-order valence-electron chi connectivity index (χ2n) is 2.86. The molecule has 7 nitrogen and oxygen atoms in total. The molecule has 0 saturated heterocycles. The van der Waals surface area contributed by atoms with Crippen LogP contribution in [0.2, 0.25) is 0 Å². The second-order valence-corrected chi connectivity index (χ2v) is 2.86. The lowest BCUT2D eigenvalue weighted by Gasteiger charge is -1.73. The highest BCUT2D eigenvalue weighted by Gasteiger charge is 1.70. The number of H-pyrrole nitrogens is 2. The fraction of sp³-hybridized carbons (Fsp3) is 0.0909. The van der Waals surface area contributed by atoms with Crippen molar-refractivity contribution in [2.24, 2.45) is 0 Å². The highest BCUT2D eigenvalue weighted by Crippen LogP contribution is 1.67. The van der Waals surface area contributed by atoms with Gasteiger partial charge in [-0.2, -0.15) is 5.10 Å². The minimum atomic E-state index is -0.833. The average Bonchev–Trinajstić information content (AvgIpc) is 2.31. The van der Waals surface area contributed by atoms with E-state index in [1.807, 2.05) is 0 Å². The topological polar surface area (TPSA) is 116 Å². The van der Waals surface area contributed by atoms with E-state index in [0.29, 0.717) is 0 Å². The summed E-state index contributed by atoms with van der Waals surface area (Å²) in [5.41, 5.74) is -0.218. The van der Waals surface area contributed by atoms with E-state index in [0.717, 1.165) is 6.92 Å². The van der Waals surface area contributed by atoms with Crippen LogP contribution in [0.25, 0.3) is 0 Å². The molecule has 3 N–H and O–H groups in total. The number of aliphatic carboxylic acids is 1. The minimum Gasteiger partial charge on any atom is -0.481 e. The maximum Gasteiger partial charge on any atom is 0.300 e. The third-order valence-corrected chi connectivity index (χ3v) is 1.26. The molecule has 0 fully saturated rings. The van der Waals surface area contributed by atoms with Crippen LogP contribution >= 0.6 is 0 Å². The number of carboxylic acids is 1. The highest BCUT2D eigenvalue weighted by atomic mass is 16.4. The molecule has 96 valence electrons. The molecule has 2 rings (SSSR count). The molecule has 2 heterocycles. The van der Waals surface area contributed by atoms with Gasteiger partial charge < -0.3 is 10.1 Å². The largest absolute Gasteiger partial charge is 0.481 e. The third-order valence-electron chi connectivity index (χ3n) is 1.26. The molecule has 0 amide bonds. The smallest absolute Gasteiger partial charge is 0.300 e. The molecule has 0 aliphatic carbocycles. The molecule has 0 unspecified atom stereocenters. The van der Waals surface area contributed by atoms with Crippen LogP contribution in [0.15, 0.2) is 52.3 Å². The SMILES string of the molecule is CC(=O)O.O=c1cccc[nH]1.O=c1cccn[nH]1. The van der Waals surface area contributed by atoms with Crippen molar-refractivity contribution < 1.29 is 9.90 Å². The van der Waals surface area contributed by atoms with E-state index in [9.17, 15) is 9.59 Å². The number of nitrogens with one attached hydrogen (secondary N) is 2. The van der Waals surface area contributed by atoms with E-state index < -0.39 is 5.97 Å². The summed E-state index contributed by atoms with van der Waals surface area (Å²) >= 11 is 0. The number of carbonyl (C=O) groups is 1. The predicted molar refractivity (Wildman–Crippen MR) is 65.2 cm³/mol. The molecule has 18 heavy (non-hydrogen) atoms. The molecule has 0 aromatic carbocycles. The van der Waals surface area contributed by atoms with Crippen LogP contribution in [0.5, 0.6) is 0 Å². The Morgan fingerprint density at radius 2 is 1.78 bits per heavy atom. The number of carboxylic acid groups (broad SMARTS) is 1. The standard InChI is InChI=1S/C5H5NO.C4H4N2O.C2H4O2/c7-5-3-1-2-4-6-5;7-4-2-1-3-5-6-4;1-2(3)4/h1-4H,(H,6,7);1-3H,(H,6,7);1H3,(H,3,4). The first kappa shape index (κ1) is 15.3. The fourth-order valence-corrected chi connectivity index (χ4v) is 0.688. The van der Waals surface area contributed by atoms with Gasteiger partial charge in [0, 0.05) is 31.5 Å². The Kier molecular flexibility index (Phi) is 8.09. The van der Waals surface area contributed by atoms with Crippen LogP contribution in [0.4, 0.5) is 0 Å². The molecule has 0 atom stereocenters. The van der Waals surface area contributed by atoms with Gasteiger partial charge in [0.15, 0.2) is 0 Å². The zero-order chi connectivity index (χ0) is 13.8. The zero-order valence-corrected chi connectivity index (χ0v) is 9.66. The summed E-state index contributed by atoms with van der Waals surface area (Å²) in [5.74, 6) is -0.833. The van der Waals surface area contributed by atoms with Crippen LogP contribution in [-0.2, 0) is 4.79 Å². The van der Waals surface area contributed by atoms with Crippen molar-refractivity contribution in [1.29, 1.82) is 0 Å². The van der Waals surface area contributed by atoms with Crippen LogP contribution in [-0.4, -0.2) is 26.3 Å². The van der Waals surface area contributed by atoms with Crippen LogP contribution in [0.1, 0.15) is 6.92 Å². The number of rotatable bonds is 0. The lowest BCUT2D eigenvalue weighted by molar-refractivity contribution is -0.134. The van der Waals surface area contributed by atoms with Crippen molar-refractivity contribution in [1.82, 2.24) is 15.2 Å². The van der Waals surface area contributed by atoms with E-state index in [-0.39, 0.29) is 11.1 Å². The summed E-state index contributed by atoms with van der Waals surface area (Å²) in [6.07, 6.45) is 3.11. The first-order valence-electron chi connectivity index (χ1n) is 4.85. The first-order valence-corrected chi connectivity index (χ1v) is 4.85. The van der Waals surface area contributed by atoms with E-state index in [4.69, 9.17) is 9.90 Å². The van der Waals surface area contributed by atoms with Crippen molar-refractivity contribution in [2.45, 2.75) is 6.92 Å². The molecule has 0 aliphatic rings. The Balaban J connectivity index is 0.000000253. The van der Waals surface area contributed by atoms with Crippen molar-refractivity contribution in [2.75, 3.05) is 0 Å². The second kappa shape index (κ2) is 9.52. The number of nitrogens with zero attached hydrogens (tertiary/aromatic N) is 1. The van der Waals surface area contributed by atoms with E-state index in [2.05, 4.69) is 15.2 Å². The summed E-state index contributed by atoms with van der Waals surface area (Å²) in [5, 5.41) is 13.1. The van der Waals surface area contributed by atoms with Crippen LogP contribution < -0.4 is 11.1 Å². The number of pyridine rings is 1. The van der Waals surface area contributed by atoms with Gasteiger partial charge in [-0.3, -0.25) is 14.4 Å². The van der Waals surface area contributed by atoms with Gasteiger partial charge in [-0.05, 0) is 12.1 Å². The highest BCUT2D eigenvalue weighted by molar-refractivity contribution is 5.62. The van der Waals surface area contributed by atoms with E-state index in [1.165, 1.54) is 18.3 Å². The molecular weight excluding hydrogens is 238 g/mol. The third kappa shape index (κ3) is 11.4. The lowest BCUT2D eigenvalue weighted by atomic mass is 10.5. The first-order chi connectivity index (χ1) is 8.52. The Labute approximate surface area is 102 Å². The predicted octanol–water partition coefficient (Wildman–Crippen LogP) is 0.236. The van der Waals surface area contributed by atoms with E-state index >= 15 is 0 Å². The van der Waals surface area contributed by atoms with Crippen molar-refractivity contribution >= 4 is 5.97 Å². The monoisotopic (exact) mass is 251 g/mol. The molecule has 2 aromatic rings. The summed E-state index contributed by atoms with van der Waals surface area (Å²) in [6.45, 7) is 1.08. The molecule has 0 spiro atoms. The summed E-state index contributed by atoms with van der Waals surface area (Å²) < 4.78 is 0. The Morgan fingerprint density at radius 3 is 2.00 bits per heavy atom. The van der Waals surface area contributed by atoms with Gasteiger partial charge in [0.25, 0.3) is 11.5 Å². The summed E-state index contributed by atoms with van der Waals surface area (Å²) in [7, 11) is 0. The maximum atomic E-state index is 10.2. The molecule has 0 radical (unpaired) electrons. The van der Waals surface area contributed by atoms with Gasteiger partial charge in [0.1, 0.15) is 0 Å². The van der Waals surface area contributed by atoms with Gasteiger partial charge >= 0.3 is 0 Å². The molecule has 7 heteroatoms. The van der Waals surface area contributed by atoms with Gasteiger partial charge in [-0.15, -0.1) is 0 Å². The lowest BCUT2D eigenvalue weighted by Crippen LogP contribution is -2.02. The number of aromatic amines is 2. The van der Waals surface area contributed by atoms with E-state index in [1.54, 1.807) is 24.4 Å². The van der Waals surface area contributed by atoms with Crippen LogP contribution in [0.3, 0.4) is 0 Å². The number of hydrogen-bond acceptors (Lipinski definition) is 4. The van der Waals surface area contributed by atoms with Gasteiger partial charge in [0.05, 0.1) is 0 Å². The summed E-state index contributed by atoms with van der Waals surface area (Å²) in [6, 6.07) is 7.92. The zero-order valence-electron chi connectivity index (χ0n) is 9.66. The Hall–Kier alpha value is -2.70. The number of aromatic nitrogens is 3. The van der Waals surface area contributed by atoms with Crippen molar-refractivity contribution in [3.8, 4) is 0 Å². The molecule has 0 aliphatic heterocycles. The minimum absolute atomic E-state index is 0.0532. The normalized spacial score (nSPS) is 8.06. The van der Waals surface area contributed by atoms with Gasteiger partial charge in [-0.25, -0.2) is 5.10 Å². The Morgan fingerprint density at radius 1 is 1.17 bits per heavy atom. The van der Waals surface area contributed by atoms with Gasteiger partial charge in [-0.1, -0.05) is 6.07 Å². The quantitative estimate of drug-likeness (QED) is 0.620. The summed E-state index contributed by atoms with van der Waals surface area (Å²) in [4.78, 5) is 31.8. The average molecular weight is 251 g/mol. The molecular formula is C11H13N3O4. The maximum absolute atomic E-state index is 10.2. The Bertz CT molecular complexity index is 478. The van der Waals surface area contributed by atoms with Crippen LogP contribution in [0, 0.1) is 0 Å². The fourth-order valence-electron chi connectivity index (χ4n) is 0.688. The molecule has 2 aromatic heterocycles. The molecule has 0 bridgehead atoms. The van der Waals surface area contributed by atoms with Gasteiger partial charge in [0.2, 0.25) is 5.56 Å². The number of hydrogen-bond donors (Lipinski definition) is 3. The molecule has 0 saturated carbocycles. The van der Waals surface area contributed by atoms with Crippen molar-refractivity contribution in [3.63, 3.8) is 0 Å². The van der Waals surface area contributed by atoms with Crippen molar-refractivity contribution in [3.05, 3.63) is 63.4 Å².